The Labute approximate surface area is 128 Å². The molecule has 1 aromatic heterocycles. The number of alkyl halides is 3. The molecule has 0 radical (unpaired) electrons. The zero-order valence-corrected chi connectivity index (χ0v) is 12.7. The third kappa shape index (κ3) is 4.35. The summed E-state index contributed by atoms with van der Waals surface area (Å²) in [6.45, 7) is 0.386. The Bertz CT molecular complexity index is 629. The number of aromatic nitrogens is 1. The molecule has 0 atom stereocenters. The fourth-order valence-corrected chi connectivity index (χ4v) is 2.20. The highest BCUT2D eigenvalue weighted by Crippen LogP contribution is 2.32. The second-order valence-electron chi connectivity index (χ2n) is 4.36. The molecule has 2 rings (SSSR count). The zero-order valence-electron chi connectivity index (χ0n) is 11.1. The zero-order chi connectivity index (χ0) is 15.5. The molecule has 0 saturated heterocycles. The van der Waals surface area contributed by atoms with Gasteiger partial charge < -0.3 is 10.6 Å². The predicted molar refractivity (Wildman–Crippen MR) is 80.3 cm³/mol. The van der Waals surface area contributed by atoms with Crippen molar-refractivity contribution in [1.82, 2.24) is 4.98 Å². The third-order valence-electron chi connectivity index (χ3n) is 2.77. The Morgan fingerprint density at radius 2 is 1.86 bits per heavy atom. The molecule has 112 valence electrons. The number of rotatable bonds is 4. The molecule has 1 heterocycles. The maximum Gasteiger partial charge on any atom is 0.416 e. The number of hydrogen-bond acceptors (Lipinski definition) is 3. The van der Waals surface area contributed by atoms with Crippen molar-refractivity contribution in [1.29, 1.82) is 0 Å². The first kappa shape index (κ1) is 15.6. The van der Waals surface area contributed by atoms with Gasteiger partial charge in [0.2, 0.25) is 0 Å². The molecule has 0 saturated carbocycles. The number of pyridine rings is 1. The molecule has 2 N–H and O–H groups in total. The molecule has 0 bridgehead atoms. The van der Waals surface area contributed by atoms with Crippen LogP contribution in [-0.2, 0) is 12.7 Å². The van der Waals surface area contributed by atoms with E-state index in [-0.39, 0.29) is 11.6 Å². The van der Waals surface area contributed by atoms with Gasteiger partial charge in [-0.3, -0.25) is 0 Å². The molecule has 0 aliphatic rings. The summed E-state index contributed by atoms with van der Waals surface area (Å²) in [4.78, 5) is 4.07. The molecule has 0 amide bonds. The largest absolute Gasteiger partial charge is 0.416 e. The van der Waals surface area contributed by atoms with E-state index in [4.69, 9.17) is 0 Å². The fraction of sp³-hybridized carbons (Fsp3) is 0.214. The van der Waals surface area contributed by atoms with Crippen LogP contribution in [0.4, 0.5) is 24.8 Å². The molecule has 0 spiro atoms. The molecule has 0 unspecified atom stereocenters. The van der Waals surface area contributed by atoms with Crippen LogP contribution in [0.5, 0.6) is 0 Å². The molecule has 2 aromatic rings. The Morgan fingerprint density at radius 1 is 1.14 bits per heavy atom. The van der Waals surface area contributed by atoms with Crippen molar-refractivity contribution in [2.24, 2.45) is 0 Å². The summed E-state index contributed by atoms with van der Waals surface area (Å²) in [5, 5.41) is 5.53. The van der Waals surface area contributed by atoms with Crippen LogP contribution in [0.15, 0.2) is 40.9 Å². The van der Waals surface area contributed by atoms with E-state index in [0.29, 0.717) is 6.54 Å². The quantitative estimate of drug-likeness (QED) is 0.842. The van der Waals surface area contributed by atoms with Gasteiger partial charge in [0.25, 0.3) is 0 Å². The van der Waals surface area contributed by atoms with Crippen molar-refractivity contribution >= 4 is 27.6 Å². The van der Waals surface area contributed by atoms with Gasteiger partial charge in [0.1, 0.15) is 11.6 Å². The minimum atomic E-state index is -4.40. The van der Waals surface area contributed by atoms with Crippen LogP contribution in [0, 0.1) is 0 Å². The van der Waals surface area contributed by atoms with Gasteiger partial charge in [-0.15, -0.1) is 0 Å². The van der Waals surface area contributed by atoms with Gasteiger partial charge in [-0.1, -0.05) is 28.1 Å². The Balaban J connectivity index is 2.19. The lowest BCUT2D eigenvalue weighted by molar-refractivity contribution is -0.137. The lowest BCUT2D eigenvalue weighted by atomic mass is 10.2. The predicted octanol–water partition coefficient (Wildman–Crippen LogP) is 4.52. The summed E-state index contributed by atoms with van der Waals surface area (Å²) >= 11 is 3.35. The molecule has 0 aliphatic carbocycles. The van der Waals surface area contributed by atoms with Crippen LogP contribution in [0.2, 0.25) is 0 Å². The van der Waals surface area contributed by atoms with Crippen molar-refractivity contribution < 1.29 is 13.2 Å². The molecule has 3 nitrogen and oxygen atoms in total. The number of anilines is 2. The summed E-state index contributed by atoms with van der Waals surface area (Å²) in [7, 11) is 1.53. The van der Waals surface area contributed by atoms with E-state index in [9.17, 15) is 13.2 Å². The van der Waals surface area contributed by atoms with Crippen LogP contribution in [0.25, 0.3) is 0 Å². The summed E-state index contributed by atoms with van der Waals surface area (Å²) in [6.07, 6.45) is -4.40. The average Bonchev–Trinajstić information content (AvgIpc) is 2.44. The number of hydrogen-bond donors (Lipinski definition) is 2. The number of nitrogens with zero attached hydrogens (tertiary/aromatic N) is 1. The molecule has 0 aliphatic heterocycles. The van der Waals surface area contributed by atoms with E-state index < -0.39 is 11.7 Å². The van der Waals surface area contributed by atoms with Crippen LogP contribution in [0.1, 0.15) is 11.1 Å². The van der Waals surface area contributed by atoms with E-state index >= 15 is 0 Å². The van der Waals surface area contributed by atoms with Crippen LogP contribution >= 0.6 is 15.9 Å². The highest BCUT2D eigenvalue weighted by Gasteiger charge is 2.31. The first-order valence-electron chi connectivity index (χ1n) is 6.14. The topological polar surface area (TPSA) is 37.0 Å². The van der Waals surface area contributed by atoms with E-state index in [0.717, 1.165) is 22.2 Å². The lowest BCUT2D eigenvalue weighted by Gasteiger charge is -2.12. The minimum absolute atomic E-state index is 0.168. The van der Waals surface area contributed by atoms with Crippen molar-refractivity contribution in [3.63, 3.8) is 0 Å². The monoisotopic (exact) mass is 359 g/mol. The third-order valence-corrected chi connectivity index (χ3v) is 3.26. The molecule has 1 aromatic carbocycles. The van der Waals surface area contributed by atoms with Gasteiger partial charge in [0.05, 0.1) is 5.56 Å². The average molecular weight is 360 g/mol. The first-order chi connectivity index (χ1) is 9.88. The van der Waals surface area contributed by atoms with E-state index in [1.807, 2.05) is 24.3 Å². The van der Waals surface area contributed by atoms with Gasteiger partial charge in [-0.05, 0) is 29.8 Å². The molecule has 21 heavy (non-hydrogen) atoms. The van der Waals surface area contributed by atoms with Gasteiger partial charge >= 0.3 is 6.18 Å². The fourth-order valence-electron chi connectivity index (χ4n) is 1.75. The second kappa shape index (κ2) is 6.34. The number of halogens is 4. The van der Waals surface area contributed by atoms with Crippen molar-refractivity contribution in [3.05, 3.63) is 52.0 Å². The summed E-state index contributed by atoms with van der Waals surface area (Å²) < 4.78 is 39.3. The molecule has 7 heteroatoms. The molecular weight excluding hydrogens is 347 g/mol. The smallest absolute Gasteiger partial charge is 0.373 e. The SMILES string of the molecule is CNc1cc(C(F)(F)F)cc(NCc2cccc(Br)c2)n1. The minimum Gasteiger partial charge on any atom is -0.373 e. The van der Waals surface area contributed by atoms with Gasteiger partial charge in [-0.25, -0.2) is 4.98 Å². The second-order valence-corrected chi connectivity index (χ2v) is 5.27. The van der Waals surface area contributed by atoms with Crippen LogP contribution in [0.3, 0.4) is 0 Å². The number of nitrogens with one attached hydrogen (secondary N) is 2. The van der Waals surface area contributed by atoms with Gasteiger partial charge in [-0.2, -0.15) is 13.2 Å². The lowest BCUT2D eigenvalue weighted by Crippen LogP contribution is -2.09. The van der Waals surface area contributed by atoms with Crippen molar-refractivity contribution in [2.45, 2.75) is 12.7 Å². The summed E-state index contributed by atoms with van der Waals surface area (Å²) in [6, 6.07) is 9.48. The Hall–Kier alpha value is -1.76. The van der Waals surface area contributed by atoms with Crippen molar-refractivity contribution in [3.8, 4) is 0 Å². The Kier molecular flexibility index (Phi) is 4.72. The highest BCUT2D eigenvalue weighted by molar-refractivity contribution is 9.10. The Morgan fingerprint density at radius 3 is 2.48 bits per heavy atom. The normalized spacial score (nSPS) is 11.3. The standard InChI is InChI=1S/C14H13BrF3N3/c1-19-12-6-10(14(16,17)18)7-13(21-12)20-8-9-3-2-4-11(15)5-9/h2-7H,8H2,1H3,(H2,19,20,21). The summed E-state index contributed by atoms with van der Waals surface area (Å²) in [5.41, 5.74) is 0.202. The van der Waals surface area contributed by atoms with E-state index in [2.05, 4.69) is 31.5 Å². The van der Waals surface area contributed by atoms with Crippen LogP contribution < -0.4 is 10.6 Å². The number of benzene rings is 1. The molecular formula is C14H13BrF3N3. The van der Waals surface area contributed by atoms with Gasteiger partial charge in [0, 0.05) is 18.1 Å². The van der Waals surface area contributed by atoms with Gasteiger partial charge in [0.15, 0.2) is 0 Å². The first-order valence-corrected chi connectivity index (χ1v) is 6.93. The summed E-state index contributed by atoms with van der Waals surface area (Å²) in [5.74, 6) is 0.343. The van der Waals surface area contributed by atoms with Crippen molar-refractivity contribution in [2.75, 3.05) is 17.7 Å². The van der Waals surface area contributed by atoms with E-state index in [1.165, 1.54) is 7.05 Å². The maximum absolute atomic E-state index is 12.8. The maximum atomic E-state index is 12.8. The van der Waals surface area contributed by atoms with Crippen LogP contribution in [-0.4, -0.2) is 12.0 Å². The van der Waals surface area contributed by atoms with E-state index in [1.54, 1.807) is 0 Å². The molecule has 0 fully saturated rings. The highest BCUT2D eigenvalue weighted by atomic mass is 79.9.